The van der Waals surface area contributed by atoms with Crippen molar-refractivity contribution in [3.8, 4) is 0 Å². The minimum absolute atomic E-state index is 0.289. The van der Waals surface area contributed by atoms with Gasteiger partial charge in [-0.25, -0.2) is 9.48 Å². The Morgan fingerprint density at radius 3 is 2.68 bits per heavy atom. The fraction of sp³-hybridized carbons (Fsp3) is 0.474. The standard InChI is InChI=1S/C19H24N8O/c1-14-2-4-15(5-3-14)25-9-6-24(7-10-25)8-11-27-17-16(12-21-27)18-22-23-19(28)26(18)13-20-17/h2-5,12,18,20H,6-11,13H2,1H3. The maximum absolute atomic E-state index is 11.7. The number of hydrogen-bond donors (Lipinski definition) is 1. The number of nitrogens with zero attached hydrogens (tertiary/aromatic N) is 7. The second-order valence-electron chi connectivity index (χ2n) is 7.51. The van der Waals surface area contributed by atoms with Gasteiger partial charge in [-0.05, 0) is 19.1 Å². The van der Waals surface area contributed by atoms with E-state index >= 15 is 0 Å². The summed E-state index contributed by atoms with van der Waals surface area (Å²) in [5, 5.41) is 15.6. The van der Waals surface area contributed by atoms with Crippen LogP contribution in [0.15, 0.2) is 40.7 Å². The highest BCUT2D eigenvalue weighted by Gasteiger charge is 2.37. The molecule has 1 aromatic carbocycles. The molecule has 2 amide bonds. The second-order valence-corrected chi connectivity index (χ2v) is 7.51. The largest absolute Gasteiger partial charge is 0.369 e. The summed E-state index contributed by atoms with van der Waals surface area (Å²) < 4.78 is 1.98. The molecule has 0 radical (unpaired) electrons. The van der Waals surface area contributed by atoms with Gasteiger partial charge in [-0.2, -0.15) is 10.2 Å². The van der Waals surface area contributed by atoms with E-state index in [2.05, 4.69) is 61.6 Å². The smallest absolute Gasteiger partial charge is 0.365 e. The third-order valence-corrected chi connectivity index (χ3v) is 5.76. The summed E-state index contributed by atoms with van der Waals surface area (Å²) in [5.74, 6) is 0.952. The highest BCUT2D eigenvalue weighted by Crippen LogP contribution is 2.36. The second kappa shape index (κ2) is 6.90. The van der Waals surface area contributed by atoms with Gasteiger partial charge in [0.1, 0.15) is 5.82 Å². The van der Waals surface area contributed by atoms with Crippen molar-refractivity contribution in [2.75, 3.05) is 49.6 Å². The van der Waals surface area contributed by atoms with Crippen LogP contribution in [0.1, 0.15) is 17.3 Å². The molecule has 1 atom stereocenters. The summed E-state index contributed by atoms with van der Waals surface area (Å²) in [6.45, 7) is 8.47. The zero-order chi connectivity index (χ0) is 19.1. The molecule has 1 saturated heterocycles. The van der Waals surface area contributed by atoms with Crippen molar-refractivity contribution in [3.63, 3.8) is 0 Å². The average Bonchev–Trinajstić information content (AvgIpc) is 3.31. The Morgan fingerprint density at radius 1 is 1.11 bits per heavy atom. The number of urea groups is 1. The number of benzene rings is 1. The van der Waals surface area contributed by atoms with Crippen molar-refractivity contribution >= 4 is 17.5 Å². The van der Waals surface area contributed by atoms with Crippen molar-refractivity contribution in [2.24, 2.45) is 10.2 Å². The van der Waals surface area contributed by atoms with Crippen LogP contribution in [0.4, 0.5) is 16.3 Å². The first-order valence-corrected chi connectivity index (χ1v) is 9.74. The highest BCUT2D eigenvalue weighted by atomic mass is 16.2. The van der Waals surface area contributed by atoms with E-state index in [1.807, 2.05) is 4.68 Å². The molecule has 28 heavy (non-hydrogen) atoms. The van der Waals surface area contributed by atoms with Gasteiger partial charge in [-0.1, -0.05) is 22.8 Å². The van der Waals surface area contributed by atoms with Gasteiger partial charge in [0.05, 0.1) is 25.0 Å². The van der Waals surface area contributed by atoms with Crippen LogP contribution in [0, 0.1) is 6.92 Å². The Labute approximate surface area is 163 Å². The van der Waals surface area contributed by atoms with Crippen LogP contribution in [0.2, 0.25) is 0 Å². The molecular weight excluding hydrogens is 356 g/mol. The Kier molecular flexibility index (Phi) is 4.23. The monoisotopic (exact) mass is 380 g/mol. The first-order chi connectivity index (χ1) is 13.7. The van der Waals surface area contributed by atoms with Gasteiger partial charge >= 0.3 is 6.03 Å². The fourth-order valence-electron chi connectivity index (χ4n) is 4.05. The molecule has 9 nitrogen and oxygen atoms in total. The number of fused-ring (bicyclic) bond motifs is 3. The number of aryl methyl sites for hydroxylation is 1. The number of piperazine rings is 1. The number of azo groups is 1. The van der Waals surface area contributed by atoms with E-state index in [0.29, 0.717) is 6.67 Å². The zero-order valence-corrected chi connectivity index (χ0v) is 16.0. The molecular formula is C19H24N8O. The molecule has 0 bridgehead atoms. The van der Waals surface area contributed by atoms with Crippen LogP contribution in [0.3, 0.4) is 0 Å². The third-order valence-electron chi connectivity index (χ3n) is 5.76. The fourth-order valence-corrected chi connectivity index (χ4v) is 4.05. The molecule has 0 aliphatic carbocycles. The summed E-state index contributed by atoms with van der Waals surface area (Å²) in [7, 11) is 0. The molecule has 1 aromatic heterocycles. The Hall–Kier alpha value is -2.94. The Bertz CT molecular complexity index is 897. The van der Waals surface area contributed by atoms with Gasteiger partial charge in [-0.3, -0.25) is 9.80 Å². The lowest BCUT2D eigenvalue weighted by Crippen LogP contribution is -2.47. The van der Waals surface area contributed by atoms with Crippen LogP contribution in [0.25, 0.3) is 0 Å². The molecule has 1 N–H and O–H groups in total. The molecule has 146 valence electrons. The summed E-state index contributed by atoms with van der Waals surface area (Å²) in [4.78, 5) is 18.2. The van der Waals surface area contributed by atoms with E-state index in [1.54, 1.807) is 11.1 Å². The summed E-state index contributed by atoms with van der Waals surface area (Å²) in [6, 6.07) is 8.48. The lowest BCUT2D eigenvalue weighted by atomic mass is 10.2. The number of nitrogens with one attached hydrogen (secondary N) is 1. The Morgan fingerprint density at radius 2 is 1.89 bits per heavy atom. The number of aromatic nitrogens is 2. The molecule has 2 aromatic rings. The van der Waals surface area contributed by atoms with E-state index in [4.69, 9.17) is 0 Å². The predicted octanol–water partition coefficient (Wildman–Crippen LogP) is 2.28. The zero-order valence-electron chi connectivity index (χ0n) is 16.0. The van der Waals surface area contributed by atoms with Gasteiger partial charge in [0.25, 0.3) is 0 Å². The minimum atomic E-state index is -0.324. The molecule has 0 spiro atoms. The van der Waals surface area contributed by atoms with E-state index in [-0.39, 0.29) is 12.2 Å². The van der Waals surface area contributed by atoms with E-state index in [9.17, 15) is 4.79 Å². The molecule has 1 unspecified atom stereocenters. The number of rotatable bonds is 4. The highest BCUT2D eigenvalue weighted by molar-refractivity contribution is 5.78. The average molecular weight is 380 g/mol. The van der Waals surface area contributed by atoms with Crippen molar-refractivity contribution in [2.45, 2.75) is 19.6 Å². The lowest BCUT2D eigenvalue weighted by molar-refractivity contribution is 0.203. The molecule has 0 saturated carbocycles. The molecule has 4 heterocycles. The van der Waals surface area contributed by atoms with Crippen molar-refractivity contribution in [1.29, 1.82) is 0 Å². The van der Waals surface area contributed by atoms with Crippen LogP contribution in [-0.4, -0.2) is 65.0 Å². The van der Waals surface area contributed by atoms with Gasteiger partial charge in [0.2, 0.25) is 0 Å². The van der Waals surface area contributed by atoms with Gasteiger partial charge in [0.15, 0.2) is 6.17 Å². The van der Waals surface area contributed by atoms with Gasteiger partial charge in [-0.15, -0.1) is 0 Å². The van der Waals surface area contributed by atoms with E-state index < -0.39 is 0 Å². The van der Waals surface area contributed by atoms with Crippen LogP contribution < -0.4 is 10.2 Å². The van der Waals surface area contributed by atoms with Gasteiger partial charge in [0, 0.05) is 38.4 Å². The topological polar surface area (TPSA) is 81.4 Å². The first kappa shape index (κ1) is 17.2. The number of hydrogen-bond acceptors (Lipinski definition) is 6. The van der Waals surface area contributed by atoms with E-state index in [1.165, 1.54) is 11.3 Å². The molecule has 3 aliphatic rings. The minimum Gasteiger partial charge on any atom is -0.369 e. The first-order valence-electron chi connectivity index (χ1n) is 9.74. The number of anilines is 2. The maximum Gasteiger partial charge on any atom is 0.365 e. The van der Waals surface area contributed by atoms with E-state index in [0.717, 1.165) is 50.6 Å². The van der Waals surface area contributed by atoms with Crippen molar-refractivity contribution in [1.82, 2.24) is 19.6 Å². The molecule has 9 heteroatoms. The molecule has 3 aliphatic heterocycles. The summed E-state index contributed by atoms with van der Waals surface area (Å²) in [5.41, 5.74) is 3.52. The summed E-state index contributed by atoms with van der Waals surface area (Å²) in [6.07, 6.45) is 1.47. The molecule has 5 rings (SSSR count). The predicted molar refractivity (Wildman–Crippen MR) is 105 cm³/mol. The van der Waals surface area contributed by atoms with Crippen LogP contribution >= 0.6 is 0 Å². The van der Waals surface area contributed by atoms with Crippen molar-refractivity contribution < 1.29 is 4.79 Å². The molecule has 1 fully saturated rings. The maximum atomic E-state index is 11.7. The van der Waals surface area contributed by atoms with Crippen LogP contribution in [-0.2, 0) is 6.54 Å². The number of amides is 2. The van der Waals surface area contributed by atoms with Crippen LogP contribution in [0.5, 0.6) is 0 Å². The van der Waals surface area contributed by atoms with Gasteiger partial charge < -0.3 is 10.2 Å². The SMILES string of the molecule is Cc1ccc(N2CCN(CCn3ncc4c3NCN3C(=O)N=NC43)CC2)cc1. The Balaban J connectivity index is 1.17. The lowest BCUT2D eigenvalue weighted by Gasteiger charge is -2.36. The summed E-state index contributed by atoms with van der Waals surface area (Å²) >= 11 is 0. The normalized spacial score (nSPS) is 21.6. The third kappa shape index (κ3) is 3.01. The number of carbonyl (C=O) groups excluding carboxylic acids is 1. The van der Waals surface area contributed by atoms with Crippen molar-refractivity contribution in [3.05, 3.63) is 41.6 Å². The number of carbonyl (C=O) groups is 1. The quantitative estimate of drug-likeness (QED) is 0.880.